The van der Waals surface area contributed by atoms with Gasteiger partial charge in [-0.2, -0.15) is 0 Å². The number of rotatable bonds is 3. The number of fused-ring (bicyclic) bond motifs is 1. The maximum Gasteiger partial charge on any atom is 0.138 e. The van der Waals surface area contributed by atoms with Crippen molar-refractivity contribution in [1.29, 1.82) is 0 Å². The third kappa shape index (κ3) is 2.28. The largest absolute Gasteiger partial charge is 0.325 e. The highest BCUT2D eigenvalue weighted by atomic mass is 32.2. The van der Waals surface area contributed by atoms with Crippen molar-refractivity contribution in [2.75, 3.05) is 0 Å². The molecule has 102 valence electrons. The summed E-state index contributed by atoms with van der Waals surface area (Å²) in [5.41, 5.74) is 7.24. The molecule has 1 aromatic carbocycles. The van der Waals surface area contributed by atoms with Crippen molar-refractivity contribution in [3.05, 3.63) is 59.9 Å². The van der Waals surface area contributed by atoms with Gasteiger partial charge in [-0.15, -0.1) is 0 Å². The standard InChI is InChI=1S/C14H11F2N3S/c15-9-4-5-10(16)12(7-9)20-14-11(8-17)19-6-2-1-3-13(19)18-14/h1-7H,8,17H2. The molecule has 2 heterocycles. The monoisotopic (exact) mass is 291 g/mol. The van der Waals surface area contributed by atoms with Crippen molar-refractivity contribution in [1.82, 2.24) is 9.38 Å². The highest BCUT2D eigenvalue weighted by molar-refractivity contribution is 7.99. The fourth-order valence-electron chi connectivity index (χ4n) is 1.95. The van der Waals surface area contributed by atoms with Gasteiger partial charge in [0.05, 0.1) is 10.6 Å². The average Bonchev–Trinajstić information content (AvgIpc) is 2.80. The SMILES string of the molecule is NCc1c(Sc2cc(F)ccc2F)nc2ccccn12. The van der Waals surface area contributed by atoms with Crippen LogP contribution in [0.2, 0.25) is 0 Å². The Morgan fingerprint density at radius 1 is 1.20 bits per heavy atom. The first-order valence-corrected chi connectivity index (χ1v) is 6.79. The summed E-state index contributed by atoms with van der Waals surface area (Å²) in [4.78, 5) is 4.60. The van der Waals surface area contributed by atoms with E-state index in [1.807, 2.05) is 28.8 Å². The van der Waals surface area contributed by atoms with Crippen LogP contribution >= 0.6 is 11.8 Å². The lowest BCUT2D eigenvalue weighted by molar-refractivity contribution is 0.577. The Kier molecular flexibility index (Phi) is 3.42. The van der Waals surface area contributed by atoms with Gasteiger partial charge in [0.1, 0.15) is 22.3 Å². The van der Waals surface area contributed by atoms with Crippen LogP contribution in [0.25, 0.3) is 5.65 Å². The van der Waals surface area contributed by atoms with Gasteiger partial charge in [0.15, 0.2) is 0 Å². The van der Waals surface area contributed by atoms with E-state index in [1.165, 1.54) is 0 Å². The van der Waals surface area contributed by atoms with Gasteiger partial charge < -0.3 is 10.1 Å². The van der Waals surface area contributed by atoms with Crippen LogP contribution in [0.15, 0.2) is 52.5 Å². The van der Waals surface area contributed by atoms with Gasteiger partial charge in [-0.05, 0) is 30.3 Å². The minimum atomic E-state index is -0.480. The number of aromatic nitrogens is 2. The Bertz CT molecular complexity index is 770. The molecule has 20 heavy (non-hydrogen) atoms. The van der Waals surface area contributed by atoms with E-state index in [-0.39, 0.29) is 11.4 Å². The van der Waals surface area contributed by atoms with Gasteiger partial charge in [0.2, 0.25) is 0 Å². The van der Waals surface area contributed by atoms with Gasteiger partial charge in [-0.3, -0.25) is 0 Å². The molecule has 0 atom stereocenters. The zero-order valence-electron chi connectivity index (χ0n) is 10.4. The summed E-state index contributed by atoms with van der Waals surface area (Å²) >= 11 is 1.08. The number of nitrogens with two attached hydrogens (primary N) is 1. The second-order valence-corrected chi connectivity index (χ2v) is 5.20. The normalized spacial score (nSPS) is 11.2. The van der Waals surface area contributed by atoms with Crippen LogP contribution in [-0.2, 0) is 6.54 Å². The highest BCUT2D eigenvalue weighted by Crippen LogP contribution is 2.32. The lowest BCUT2D eigenvalue weighted by Gasteiger charge is -2.03. The van der Waals surface area contributed by atoms with Crippen molar-refractivity contribution in [3.8, 4) is 0 Å². The third-order valence-corrected chi connectivity index (χ3v) is 3.94. The maximum absolute atomic E-state index is 13.7. The minimum Gasteiger partial charge on any atom is -0.325 e. The summed E-state index contributed by atoms with van der Waals surface area (Å²) in [5, 5.41) is 0.586. The molecule has 0 fully saturated rings. The number of benzene rings is 1. The van der Waals surface area contributed by atoms with E-state index in [2.05, 4.69) is 4.98 Å². The highest BCUT2D eigenvalue weighted by Gasteiger charge is 2.14. The van der Waals surface area contributed by atoms with E-state index in [0.717, 1.165) is 41.3 Å². The summed E-state index contributed by atoms with van der Waals surface area (Å²) in [5.74, 6) is -0.955. The quantitative estimate of drug-likeness (QED) is 0.805. The van der Waals surface area contributed by atoms with Crippen LogP contribution in [0.4, 0.5) is 8.78 Å². The van der Waals surface area contributed by atoms with Crippen LogP contribution in [0, 0.1) is 11.6 Å². The summed E-state index contributed by atoms with van der Waals surface area (Å²) < 4.78 is 28.7. The zero-order valence-corrected chi connectivity index (χ0v) is 11.2. The fourth-order valence-corrected chi connectivity index (χ4v) is 2.94. The molecular formula is C14H11F2N3S. The molecule has 3 nitrogen and oxygen atoms in total. The molecule has 0 bridgehead atoms. The van der Waals surface area contributed by atoms with E-state index < -0.39 is 11.6 Å². The predicted octanol–water partition coefficient (Wildman–Crippen LogP) is 3.22. The number of hydrogen-bond donors (Lipinski definition) is 1. The first-order valence-electron chi connectivity index (χ1n) is 5.98. The number of imidazole rings is 1. The predicted molar refractivity (Wildman–Crippen MR) is 73.6 cm³/mol. The average molecular weight is 291 g/mol. The molecular weight excluding hydrogens is 280 g/mol. The van der Waals surface area contributed by atoms with E-state index in [4.69, 9.17) is 5.73 Å². The molecule has 0 saturated carbocycles. The summed E-state index contributed by atoms with van der Waals surface area (Å²) in [6, 6.07) is 8.92. The van der Waals surface area contributed by atoms with Gasteiger partial charge in [-0.25, -0.2) is 13.8 Å². The molecule has 2 N–H and O–H groups in total. The summed E-state index contributed by atoms with van der Waals surface area (Å²) in [7, 11) is 0. The molecule has 0 amide bonds. The fraction of sp³-hybridized carbons (Fsp3) is 0.0714. The van der Waals surface area contributed by atoms with Crippen LogP contribution in [0.1, 0.15) is 5.69 Å². The van der Waals surface area contributed by atoms with Gasteiger partial charge >= 0.3 is 0 Å². The first kappa shape index (κ1) is 13.1. The van der Waals surface area contributed by atoms with E-state index in [9.17, 15) is 8.78 Å². The molecule has 0 aliphatic heterocycles. The number of nitrogens with zero attached hydrogens (tertiary/aromatic N) is 2. The molecule has 3 aromatic rings. The Morgan fingerprint density at radius 3 is 2.85 bits per heavy atom. The summed E-state index contributed by atoms with van der Waals surface area (Å²) in [6.45, 7) is 0.268. The molecule has 0 unspecified atom stereocenters. The zero-order chi connectivity index (χ0) is 14.1. The molecule has 0 aliphatic carbocycles. The maximum atomic E-state index is 13.7. The van der Waals surface area contributed by atoms with Crippen molar-refractivity contribution in [2.24, 2.45) is 5.73 Å². The molecule has 3 rings (SSSR count). The molecule has 0 spiro atoms. The van der Waals surface area contributed by atoms with Gasteiger partial charge in [-0.1, -0.05) is 17.8 Å². The Morgan fingerprint density at radius 2 is 2.05 bits per heavy atom. The van der Waals surface area contributed by atoms with Crippen molar-refractivity contribution >= 4 is 17.4 Å². The third-order valence-electron chi connectivity index (χ3n) is 2.89. The first-order chi connectivity index (χ1) is 9.69. The molecule has 0 saturated heterocycles. The van der Waals surface area contributed by atoms with E-state index >= 15 is 0 Å². The number of pyridine rings is 1. The van der Waals surface area contributed by atoms with Crippen LogP contribution in [0.5, 0.6) is 0 Å². The lowest BCUT2D eigenvalue weighted by Crippen LogP contribution is -2.01. The van der Waals surface area contributed by atoms with Crippen LogP contribution < -0.4 is 5.73 Å². The number of halogens is 2. The summed E-state index contributed by atoms with van der Waals surface area (Å²) in [6.07, 6.45) is 1.84. The number of hydrogen-bond acceptors (Lipinski definition) is 3. The molecule has 6 heteroatoms. The molecule has 0 aliphatic rings. The smallest absolute Gasteiger partial charge is 0.138 e. The topological polar surface area (TPSA) is 43.3 Å². The van der Waals surface area contributed by atoms with Crippen molar-refractivity contribution < 1.29 is 8.78 Å². The van der Waals surface area contributed by atoms with Crippen LogP contribution in [-0.4, -0.2) is 9.38 Å². The molecule has 0 radical (unpaired) electrons. The van der Waals surface area contributed by atoms with Crippen molar-refractivity contribution in [3.63, 3.8) is 0 Å². The Hall–Kier alpha value is -1.92. The van der Waals surface area contributed by atoms with Crippen molar-refractivity contribution in [2.45, 2.75) is 16.5 Å². The second-order valence-electron chi connectivity index (χ2n) is 4.17. The molecule has 2 aromatic heterocycles. The van der Waals surface area contributed by atoms with Crippen LogP contribution in [0.3, 0.4) is 0 Å². The van der Waals surface area contributed by atoms with E-state index in [0.29, 0.717) is 5.03 Å². The van der Waals surface area contributed by atoms with Gasteiger partial charge in [0.25, 0.3) is 0 Å². The van der Waals surface area contributed by atoms with E-state index in [1.54, 1.807) is 0 Å². The van der Waals surface area contributed by atoms with Gasteiger partial charge in [0, 0.05) is 12.7 Å². The second kappa shape index (κ2) is 5.22. The minimum absolute atomic E-state index is 0.197. The Labute approximate surface area is 118 Å². The lowest BCUT2D eigenvalue weighted by atomic mass is 10.3. The Balaban J connectivity index is 2.08.